The molecule has 1 saturated heterocycles. The van der Waals surface area contributed by atoms with Crippen molar-refractivity contribution in [2.24, 2.45) is 0 Å². The predicted octanol–water partition coefficient (Wildman–Crippen LogP) is 3.17. The number of aliphatic carboxylic acids is 1. The van der Waals surface area contributed by atoms with E-state index in [-0.39, 0.29) is 12.5 Å². The van der Waals surface area contributed by atoms with Crippen LogP contribution in [0.2, 0.25) is 0 Å². The molecule has 0 bridgehead atoms. The number of amides is 1. The number of carboxylic acid groups (broad SMARTS) is 1. The molecular formula is C16H27NO5. The smallest absolute Gasteiger partial charge is 0.413 e. The zero-order valence-corrected chi connectivity index (χ0v) is 14.1. The molecule has 1 amide bonds. The molecule has 0 unspecified atom stereocenters. The molecule has 0 aromatic heterocycles. The number of hydrogen-bond donors (Lipinski definition) is 1. The van der Waals surface area contributed by atoms with E-state index in [0.717, 1.165) is 0 Å². The van der Waals surface area contributed by atoms with E-state index in [9.17, 15) is 9.59 Å². The van der Waals surface area contributed by atoms with Crippen molar-refractivity contribution in [3.05, 3.63) is 12.2 Å². The van der Waals surface area contributed by atoms with Gasteiger partial charge in [0.25, 0.3) is 0 Å². The lowest BCUT2D eigenvalue weighted by molar-refractivity contribution is -0.137. The Balaban J connectivity index is 2.67. The average molecular weight is 313 g/mol. The van der Waals surface area contributed by atoms with E-state index >= 15 is 0 Å². The van der Waals surface area contributed by atoms with Crippen LogP contribution in [0.1, 0.15) is 53.9 Å². The van der Waals surface area contributed by atoms with Crippen molar-refractivity contribution in [3.8, 4) is 0 Å². The van der Waals surface area contributed by atoms with Crippen LogP contribution in [-0.2, 0) is 14.3 Å². The minimum Gasteiger partial charge on any atom is -0.481 e. The van der Waals surface area contributed by atoms with Crippen molar-refractivity contribution < 1.29 is 24.2 Å². The Morgan fingerprint density at radius 2 is 2.05 bits per heavy atom. The quantitative estimate of drug-likeness (QED) is 0.623. The van der Waals surface area contributed by atoms with E-state index < -0.39 is 23.4 Å². The van der Waals surface area contributed by atoms with Crippen molar-refractivity contribution in [2.75, 3.05) is 6.61 Å². The van der Waals surface area contributed by atoms with Gasteiger partial charge in [-0.05, 0) is 47.5 Å². The van der Waals surface area contributed by atoms with Gasteiger partial charge in [0.15, 0.2) is 0 Å². The SMILES string of the molecule is CC(C)(C)OC(=O)N1[C@H](C=CCCCC(=O)O)COC1(C)C. The molecule has 1 aliphatic heterocycles. The number of hydrogen-bond acceptors (Lipinski definition) is 4. The van der Waals surface area contributed by atoms with Crippen LogP contribution in [0.25, 0.3) is 0 Å². The fraction of sp³-hybridized carbons (Fsp3) is 0.750. The van der Waals surface area contributed by atoms with Crippen LogP contribution in [0, 0.1) is 0 Å². The number of carboxylic acids is 1. The maximum Gasteiger partial charge on any atom is 0.413 e. The molecule has 0 saturated carbocycles. The van der Waals surface area contributed by atoms with E-state index in [2.05, 4.69) is 0 Å². The second-order valence-corrected chi connectivity index (χ2v) is 6.89. The topological polar surface area (TPSA) is 76.1 Å². The normalized spacial score (nSPS) is 21.3. The van der Waals surface area contributed by atoms with Crippen LogP contribution in [0.15, 0.2) is 12.2 Å². The summed E-state index contributed by atoms with van der Waals surface area (Å²) in [5, 5.41) is 8.60. The van der Waals surface area contributed by atoms with Crippen molar-refractivity contribution >= 4 is 12.1 Å². The maximum absolute atomic E-state index is 12.4. The van der Waals surface area contributed by atoms with Crippen LogP contribution >= 0.6 is 0 Å². The van der Waals surface area contributed by atoms with Gasteiger partial charge in [0.05, 0.1) is 12.6 Å². The number of nitrogens with zero attached hydrogens (tertiary/aromatic N) is 1. The van der Waals surface area contributed by atoms with Gasteiger partial charge in [0.2, 0.25) is 0 Å². The van der Waals surface area contributed by atoms with Crippen molar-refractivity contribution in [1.82, 2.24) is 4.90 Å². The molecule has 6 nitrogen and oxygen atoms in total. The lowest BCUT2D eigenvalue weighted by Crippen LogP contribution is -2.49. The Morgan fingerprint density at radius 1 is 1.41 bits per heavy atom. The van der Waals surface area contributed by atoms with Gasteiger partial charge in [-0.1, -0.05) is 12.2 Å². The fourth-order valence-corrected chi connectivity index (χ4v) is 2.27. The average Bonchev–Trinajstić information content (AvgIpc) is 2.61. The number of allylic oxidation sites excluding steroid dienone is 1. The van der Waals surface area contributed by atoms with Crippen LogP contribution in [-0.4, -0.2) is 46.0 Å². The maximum atomic E-state index is 12.4. The van der Waals surface area contributed by atoms with Gasteiger partial charge >= 0.3 is 12.1 Å². The minimum absolute atomic E-state index is 0.146. The van der Waals surface area contributed by atoms with Crippen LogP contribution in [0.3, 0.4) is 0 Å². The first-order valence-electron chi connectivity index (χ1n) is 7.58. The fourth-order valence-electron chi connectivity index (χ4n) is 2.27. The van der Waals surface area contributed by atoms with E-state index in [4.69, 9.17) is 14.6 Å². The first-order valence-corrected chi connectivity index (χ1v) is 7.58. The summed E-state index contributed by atoms with van der Waals surface area (Å²) in [6, 6.07) is -0.199. The zero-order valence-electron chi connectivity index (χ0n) is 14.1. The van der Waals surface area contributed by atoms with Gasteiger partial charge in [-0.3, -0.25) is 9.69 Å². The predicted molar refractivity (Wildman–Crippen MR) is 82.5 cm³/mol. The Morgan fingerprint density at radius 3 is 2.59 bits per heavy atom. The standard InChI is InChI=1S/C16H27NO5/c1-15(2,3)22-14(20)17-12(11-21-16(17,4)5)9-7-6-8-10-13(18)19/h7,9,12H,6,8,10-11H2,1-5H3,(H,18,19)/t12-/m1/s1. The Bertz CT molecular complexity index is 436. The van der Waals surface area contributed by atoms with Gasteiger partial charge in [-0.2, -0.15) is 0 Å². The third-order valence-corrected chi connectivity index (χ3v) is 3.23. The Hall–Kier alpha value is -1.56. The van der Waals surface area contributed by atoms with E-state index in [1.807, 2.05) is 46.8 Å². The summed E-state index contributed by atoms with van der Waals surface area (Å²) >= 11 is 0. The summed E-state index contributed by atoms with van der Waals surface area (Å²) in [4.78, 5) is 24.4. The Labute approximate surface area is 132 Å². The molecule has 1 aliphatic rings. The van der Waals surface area contributed by atoms with Gasteiger partial charge in [0, 0.05) is 6.42 Å². The molecule has 1 N–H and O–H groups in total. The number of unbranched alkanes of at least 4 members (excludes halogenated alkanes) is 1. The Kier molecular flexibility index (Phi) is 6.00. The minimum atomic E-state index is -0.797. The summed E-state index contributed by atoms with van der Waals surface area (Å²) in [7, 11) is 0. The summed E-state index contributed by atoms with van der Waals surface area (Å²) < 4.78 is 11.1. The van der Waals surface area contributed by atoms with E-state index in [0.29, 0.717) is 19.4 Å². The van der Waals surface area contributed by atoms with Gasteiger partial charge in [-0.15, -0.1) is 0 Å². The third-order valence-electron chi connectivity index (χ3n) is 3.23. The molecule has 1 atom stereocenters. The molecule has 0 spiro atoms. The highest BCUT2D eigenvalue weighted by Gasteiger charge is 2.44. The van der Waals surface area contributed by atoms with Crippen LogP contribution in [0.5, 0.6) is 0 Å². The molecule has 1 heterocycles. The highest BCUT2D eigenvalue weighted by molar-refractivity contribution is 5.70. The monoisotopic (exact) mass is 313 g/mol. The molecular weight excluding hydrogens is 286 g/mol. The summed E-state index contributed by atoms with van der Waals surface area (Å²) in [5.41, 5.74) is -1.29. The van der Waals surface area contributed by atoms with Crippen molar-refractivity contribution in [2.45, 2.75) is 71.2 Å². The zero-order chi connectivity index (χ0) is 17.0. The summed E-state index contributed by atoms with van der Waals surface area (Å²) in [6.45, 7) is 9.54. The highest BCUT2D eigenvalue weighted by atomic mass is 16.6. The first kappa shape index (κ1) is 18.5. The van der Waals surface area contributed by atoms with Crippen molar-refractivity contribution in [1.29, 1.82) is 0 Å². The summed E-state index contributed by atoms with van der Waals surface area (Å²) in [6.07, 6.45) is 4.76. The van der Waals surface area contributed by atoms with Crippen molar-refractivity contribution in [3.63, 3.8) is 0 Å². The van der Waals surface area contributed by atoms with E-state index in [1.165, 1.54) is 0 Å². The lowest BCUT2D eigenvalue weighted by atomic mass is 10.1. The second-order valence-electron chi connectivity index (χ2n) is 6.89. The molecule has 0 aromatic carbocycles. The third kappa shape index (κ3) is 5.67. The van der Waals surface area contributed by atoms with Gasteiger partial charge in [-0.25, -0.2) is 4.79 Å². The lowest BCUT2D eigenvalue weighted by Gasteiger charge is -2.34. The molecule has 126 valence electrons. The number of ether oxygens (including phenoxy) is 2. The molecule has 0 radical (unpaired) electrons. The molecule has 0 aromatic rings. The van der Waals surface area contributed by atoms with Gasteiger partial charge in [0.1, 0.15) is 11.3 Å². The van der Waals surface area contributed by atoms with Crippen LogP contribution < -0.4 is 0 Å². The van der Waals surface area contributed by atoms with Crippen LogP contribution in [0.4, 0.5) is 4.79 Å². The molecule has 6 heteroatoms. The number of carbonyl (C=O) groups is 2. The first-order chi connectivity index (χ1) is 10.0. The summed E-state index contributed by atoms with van der Waals surface area (Å²) in [5.74, 6) is -0.797. The molecule has 22 heavy (non-hydrogen) atoms. The van der Waals surface area contributed by atoms with Gasteiger partial charge < -0.3 is 14.6 Å². The largest absolute Gasteiger partial charge is 0.481 e. The molecule has 1 fully saturated rings. The number of rotatable bonds is 5. The van der Waals surface area contributed by atoms with E-state index in [1.54, 1.807) is 4.90 Å². The molecule has 0 aliphatic carbocycles. The number of carbonyl (C=O) groups excluding carboxylic acids is 1. The highest BCUT2D eigenvalue weighted by Crippen LogP contribution is 2.30. The second kappa shape index (κ2) is 7.13. The molecule has 1 rings (SSSR count).